The van der Waals surface area contributed by atoms with Crippen molar-refractivity contribution in [1.82, 2.24) is 0 Å². The Morgan fingerprint density at radius 1 is 0.972 bits per heavy atom. The quantitative estimate of drug-likeness (QED) is 0.170. The van der Waals surface area contributed by atoms with Gasteiger partial charge >= 0.3 is 215 Å². The van der Waals surface area contributed by atoms with E-state index in [-0.39, 0.29) is 18.4 Å². The van der Waals surface area contributed by atoms with Crippen molar-refractivity contribution in [3.63, 3.8) is 0 Å². The van der Waals surface area contributed by atoms with Crippen LogP contribution in [0.15, 0.2) is 54.6 Å². The zero-order chi connectivity index (χ0) is 26.4. The van der Waals surface area contributed by atoms with E-state index in [2.05, 4.69) is 4.74 Å². The molecule has 1 fully saturated rings. The number of hydrogen-bond donors (Lipinski definition) is 0. The van der Waals surface area contributed by atoms with E-state index in [4.69, 9.17) is 7.25 Å². The first-order chi connectivity index (χ1) is 16.8. The second-order valence-corrected chi connectivity index (χ2v) is 15.8. The molecule has 2 atom stereocenters. The number of esters is 1. The Balaban J connectivity index is 1.88. The van der Waals surface area contributed by atoms with Crippen LogP contribution in [-0.4, -0.2) is 29.7 Å². The predicted molar refractivity (Wildman–Crippen MR) is 131 cm³/mol. The van der Waals surface area contributed by atoms with Crippen LogP contribution in [0.1, 0.15) is 45.1 Å². The third-order valence-electron chi connectivity index (χ3n) is 6.12. The van der Waals surface area contributed by atoms with Gasteiger partial charge in [-0.2, -0.15) is 0 Å². The summed E-state index contributed by atoms with van der Waals surface area (Å²) in [6.07, 6.45) is -4.03. The summed E-state index contributed by atoms with van der Waals surface area (Å²) in [5.41, 5.74) is -1.54. The van der Waals surface area contributed by atoms with Crippen LogP contribution < -0.4 is 4.74 Å². The van der Waals surface area contributed by atoms with Crippen molar-refractivity contribution in [3.05, 3.63) is 63.7 Å². The third-order valence-corrected chi connectivity index (χ3v) is 14.2. The first kappa shape index (κ1) is 27.1. The molecule has 1 saturated carbocycles. The third kappa shape index (κ3) is 5.08. The van der Waals surface area contributed by atoms with Gasteiger partial charge in [-0.25, -0.2) is 0 Å². The Bertz CT molecular complexity index is 1220. The van der Waals surface area contributed by atoms with Gasteiger partial charge in [0.25, 0.3) is 0 Å². The number of fused-ring (bicyclic) bond motifs is 2. The van der Waals surface area contributed by atoms with E-state index in [1.165, 1.54) is 50.2 Å². The van der Waals surface area contributed by atoms with Crippen LogP contribution in [0.5, 0.6) is 5.75 Å². The summed E-state index contributed by atoms with van der Waals surface area (Å²) in [5.74, 6) is -2.46. The van der Waals surface area contributed by atoms with Crippen LogP contribution >= 0.6 is 20.2 Å². The van der Waals surface area contributed by atoms with Gasteiger partial charge in [0.15, 0.2) is 0 Å². The summed E-state index contributed by atoms with van der Waals surface area (Å²) in [5, 5.41) is -1.47. The van der Waals surface area contributed by atoms with Gasteiger partial charge in [0.05, 0.1) is 0 Å². The topological polar surface area (TPSA) is 78.9 Å². The molecular weight excluding hydrogens is 619 g/mol. The Morgan fingerprint density at radius 3 is 2.28 bits per heavy atom. The molecule has 2 unspecified atom stereocenters. The molecule has 1 aliphatic carbocycles. The molecule has 0 radical (unpaired) electrons. The number of carbonyl (C=O) groups excluding carboxylic acids is 1. The van der Waals surface area contributed by atoms with Crippen LogP contribution in [0, 0.1) is 9.49 Å². The number of rotatable bonds is 4. The molecular formula is C24H25F4IO6S. The molecule has 2 aromatic carbocycles. The van der Waals surface area contributed by atoms with Crippen molar-refractivity contribution in [2.24, 2.45) is 5.92 Å². The molecule has 0 bridgehead atoms. The summed E-state index contributed by atoms with van der Waals surface area (Å²) in [6, 6.07) is 11.6. The van der Waals surface area contributed by atoms with Gasteiger partial charge < -0.3 is 0 Å². The molecule has 1 heterocycles. The molecule has 12 heteroatoms. The maximum absolute atomic E-state index is 15.8. The molecule has 2 aliphatic rings. The number of cyclic esters (lactones) is 1. The number of alkyl halides is 5. The van der Waals surface area contributed by atoms with Crippen molar-refractivity contribution in [2.75, 3.05) is 0 Å². The van der Waals surface area contributed by atoms with Crippen molar-refractivity contribution < 1.29 is 42.8 Å². The number of hydrogen-bond acceptors (Lipinski definition) is 6. The molecule has 1 aliphatic heterocycles. The fraction of sp³-hybridized carbons (Fsp3) is 0.458. The number of para-hydroxylation sites is 1. The van der Waals surface area contributed by atoms with E-state index in [1.807, 2.05) is 0 Å². The molecule has 198 valence electrons. The molecule has 6 nitrogen and oxygen atoms in total. The summed E-state index contributed by atoms with van der Waals surface area (Å²) in [6.45, 7) is 2.89. The number of ether oxygens (including phenoxy) is 2. The first-order valence-electron chi connectivity index (χ1n) is 11.2. The molecule has 0 N–H and O–H groups in total. The van der Waals surface area contributed by atoms with Gasteiger partial charge in [-0.15, -0.1) is 0 Å². The number of benzene rings is 2. The monoisotopic (exact) mass is 644 g/mol. The van der Waals surface area contributed by atoms with E-state index in [1.54, 1.807) is 0 Å². The van der Waals surface area contributed by atoms with Crippen LogP contribution in [0.3, 0.4) is 0 Å². The fourth-order valence-electron chi connectivity index (χ4n) is 4.32. The second-order valence-electron chi connectivity index (χ2n) is 9.07. The Kier molecular flexibility index (Phi) is 7.34. The van der Waals surface area contributed by atoms with Crippen molar-refractivity contribution in [2.45, 2.75) is 60.4 Å². The molecule has 36 heavy (non-hydrogen) atoms. The van der Waals surface area contributed by atoms with E-state index < -0.39 is 72.4 Å². The number of carbonyl (C=O) groups is 1. The molecule has 0 aromatic heterocycles. The van der Waals surface area contributed by atoms with E-state index in [0.29, 0.717) is 12.8 Å². The standard InChI is InChI=1S/C24H25F4IO6S/c1-22(2)18-13-7-8-14-19(18)29(23(25,26)24(27,28)33-16-10-4-3-5-11-16)35-36(31,32)20-15-9-6-12-17(20)21(30)34-22/h3-5,7-8,10-11,13-14,17,20H,6,9,12,15H2,1-2H3. The van der Waals surface area contributed by atoms with E-state index in [9.17, 15) is 13.2 Å². The van der Waals surface area contributed by atoms with Gasteiger partial charge in [-0.05, 0) is 0 Å². The Morgan fingerprint density at radius 2 is 1.58 bits per heavy atom. The van der Waals surface area contributed by atoms with E-state index in [0.717, 1.165) is 18.2 Å². The van der Waals surface area contributed by atoms with Crippen LogP contribution in [0.2, 0.25) is 0 Å². The summed E-state index contributed by atoms with van der Waals surface area (Å²) in [4.78, 5) is 13.0. The van der Waals surface area contributed by atoms with Crippen molar-refractivity contribution in [1.29, 1.82) is 0 Å². The van der Waals surface area contributed by atoms with Crippen molar-refractivity contribution in [3.8, 4) is 5.75 Å². The minimum absolute atomic E-state index is 0.0248. The number of halogens is 5. The molecule has 2 aromatic rings. The van der Waals surface area contributed by atoms with Gasteiger partial charge in [0.2, 0.25) is 0 Å². The Labute approximate surface area is 214 Å². The van der Waals surface area contributed by atoms with Gasteiger partial charge in [0.1, 0.15) is 0 Å². The fourth-order valence-corrected chi connectivity index (χ4v) is 12.7. The van der Waals surface area contributed by atoms with Crippen LogP contribution in [0.4, 0.5) is 17.6 Å². The molecule has 0 amide bonds. The minimum atomic E-state index is -5.15. The second kappa shape index (κ2) is 9.75. The van der Waals surface area contributed by atoms with Gasteiger partial charge in [-0.3, -0.25) is 0 Å². The average molecular weight is 644 g/mol. The van der Waals surface area contributed by atoms with Gasteiger partial charge in [-0.1, -0.05) is 0 Å². The normalized spacial score (nSPS) is 25.2. The predicted octanol–water partition coefficient (Wildman–Crippen LogP) is 6.24. The Hall–Kier alpha value is -1.93. The van der Waals surface area contributed by atoms with Crippen LogP contribution in [-0.2, 0) is 27.8 Å². The maximum atomic E-state index is 15.8. The summed E-state index contributed by atoms with van der Waals surface area (Å²) < 4.78 is 98.2. The summed E-state index contributed by atoms with van der Waals surface area (Å²) >= 11 is -5.15. The average Bonchev–Trinajstić information content (AvgIpc) is 2.82. The zero-order valence-electron chi connectivity index (χ0n) is 19.4. The first-order valence-corrected chi connectivity index (χ1v) is 15.7. The van der Waals surface area contributed by atoms with Crippen LogP contribution in [0.25, 0.3) is 0 Å². The van der Waals surface area contributed by atoms with E-state index >= 15 is 17.6 Å². The SMILES string of the molecule is CC1(C)OC(=O)C2CCCCC2S(=O)(=O)OI(C(F)(F)C(F)(F)Oc2ccccc2)c2ccccc21. The van der Waals surface area contributed by atoms with Gasteiger partial charge in [0, 0.05) is 0 Å². The molecule has 4 rings (SSSR count). The molecule has 0 spiro atoms. The van der Waals surface area contributed by atoms with Crippen molar-refractivity contribution >= 4 is 36.3 Å². The molecule has 0 saturated heterocycles. The zero-order valence-corrected chi connectivity index (χ0v) is 22.4. The summed E-state index contributed by atoms with van der Waals surface area (Å²) in [7, 11) is -4.86.